The maximum absolute atomic E-state index is 13.0. The highest BCUT2D eigenvalue weighted by molar-refractivity contribution is 9.10. The Bertz CT molecular complexity index is 1300. The number of hydrogen-bond acceptors (Lipinski definition) is 5. The van der Waals surface area contributed by atoms with Crippen molar-refractivity contribution < 1.29 is 19.1 Å². The second kappa shape index (κ2) is 11.5. The van der Waals surface area contributed by atoms with Gasteiger partial charge in [0.25, 0.3) is 11.1 Å². The van der Waals surface area contributed by atoms with Gasteiger partial charge in [-0.3, -0.25) is 14.5 Å². The molecule has 0 unspecified atom stereocenters. The second-order valence-electron chi connectivity index (χ2n) is 7.54. The van der Waals surface area contributed by atoms with E-state index in [1.807, 2.05) is 43.3 Å². The van der Waals surface area contributed by atoms with Crippen LogP contribution < -0.4 is 9.47 Å². The van der Waals surface area contributed by atoms with Crippen molar-refractivity contribution in [3.8, 4) is 11.5 Å². The van der Waals surface area contributed by atoms with E-state index >= 15 is 0 Å². The van der Waals surface area contributed by atoms with Crippen LogP contribution >= 0.6 is 50.9 Å². The Kier molecular flexibility index (Phi) is 8.44. The molecule has 3 aromatic carbocycles. The number of imide groups is 1. The first-order valence-corrected chi connectivity index (χ1v) is 13.0. The fourth-order valence-electron chi connectivity index (χ4n) is 3.41. The number of benzene rings is 3. The van der Waals surface area contributed by atoms with Crippen LogP contribution in [0.2, 0.25) is 10.0 Å². The number of nitrogens with zero attached hydrogens (tertiary/aromatic N) is 1. The molecular formula is C26H20BrCl2NO4S. The van der Waals surface area contributed by atoms with Gasteiger partial charge in [0.15, 0.2) is 11.5 Å². The molecule has 0 bridgehead atoms. The zero-order valence-corrected chi connectivity index (χ0v) is 22.5. The zero-order chi connectivity index (χ0) is 24.9. The number of thioether (sulfide) groups is 1. The molecule has 0 spiro atoms. The Hall–Kier alpha value is -2.45. The van der Waals surface area contributed by atoms with Crippen LogP contribution in [0.25, 0.3) is 6.08 Å². The van der Waals surface area contributed by atoms with Gasteiger partial charge < -0.3 is 9.47 Å². The van der Waals surface area contributed by atoms with E-state index in [0.29, 0.717) is 55.3 Å². The average Bonchev–Trinajstić information content (AvgIpc) is 3.08. The Morgan fingerprint density at radius 1 is 1.03 bits per heavy atom. The Balaban J connectivity index is 1.56. The topological polar surface area (TPSA) is 55.8 Å². The highest BCUT2D eigenvalue weighted by atomic mass is 79.9. The predicted molar refractivity (Wildman–Crippen MR) is 144 cm³/mol. The SMILES string of the molecule is CCOc1cc(/C=C2/SC(=O)N(Cc3ccc(Cl)cc3Cl)C2=O)cc(Br)c1OCc1ccccc1. The molecule has 5 nitrogen and oxygen atoms in total. The number of halogens is 3. The first kappa shape index (κ1) is 25.6. The van der Waals surface area contributed by atoms with Crippen LogP contribution in [-0.4, -0.2) is 22.7 Å². The minimum absolute atomic E-state index is 0.0676. The first-order chi connectivity index (χ1) is 16.9. The molecule has 0 radical (unpaired) electrons. The summed E-state index contributed by atoms with van der Waals surface area (Å²) < 4.78 is 12.5. The summed E-state index contributed by atoms with van der Waals surface area (Å²) in [5, 5.41) is 0.524. The van der Waals surface area contributed by atoms with Crippen molar-refractivity contribution in [1.82, 2.24) is 4.90 Å². The summed E-state index contributed by atoms with van der Waals surface area (Å²) in [6.07, 6.45) is 1.67. The Morgan fingerprint density at radius 2 is 1.80 bits per heavy atom. The zero-order valence-electron chi connectivity index (χ0n) is 18.6. The molecule has 0 atom stereocenters. The first-order valence-electron chi connectivity index (χ1n) is 10.7. The van der Waals surface area contributed by atoms with Gasteiger partial charge in [-0.15, -0.1) is 0 Å². The van der Waals surface area contributed by atoms with Crippen LogP contribution in [0.4, 0.5) is 4.79 Å². The fraction of sp³-hybridized carbons (Fsp3) is 0.154. The molecule has 1 saturated heterocycles. The summed E-state index contributed by atoms with van der Waals surface area (Å²) in [6, 6.07) is 18.4. The van der Waals surface area contributed by atoms with Crippen molar-refractivity contribution in [1.29, 1.82) is 0 Å². The van der Waals surface area contributed by atoms with E-state index < -0.39 is 0 Å². The van der Waals surface area contributed by atoms with Gasteiger partial charge in [0.1, 0.15) is 6.61 Å². The van der Waals surface area contributed by atoms with Crippen molar-refractivity contribution in [2.75, 3.05) is 6.61 Å². The summed E-state index contributed by atoms with van der Waals surface area (Å²) in [5.41, 5.74) is 2.36. The molecule has 0 saturated carbocycles. The van der Waals surface area contributed by atoms with Crippen molar-refractivity contribution in [3.63, 3.8) is 0 Å². The lowest BCUT2D eigenvalue weighted by atomic mass is 10.1. The van der Waals surface area contributed by atoms with Crippen LogP contribution in [-0.2, 0) is 17.9 Å². The van der Waals surface area contributed by atoms with Gasteiger partial charge in [0.05, 0.1) is 22.5 Å². The van der Waals surface area contributed by atoms with Crippen molar-refractivity contribution >= 4 is 68.1 Å². The molecule has 1 heterocycles. The molecule has 9 heteroatoms. The minimum atomic E-state index is -0.385. The number of carbonyl (C=O) groups is 2. The van der Waals surface area contributed by atoms with Crippen LogP contribution in [0.1, 0.15) is 23.6 Å². The third-order valence-corrected chi connectivity index (χ3v) is 7.16. The van der Waals surface area contributed by atoms with E-state index in [4.69, 9.17) is 32.7 Å². The van der Waals surface area contributed by atoms with Gasteiger partial charge in [-0.05, 0) is 81.6 Å². The molecule has 3 aromatic rings. The van der Waals surface area contributed by atoms with Gasteiger partial charge in [-0.2, -0.15) is 0 Å². The average molecular weight is 593 g/mol. The molecule has 1 aliphatic rings. The maximum atomic E-state index is 13.0. The smallest absolute Gasteiger partial charge is 0.293 e. The van der Waals surface area contributed by atoms with Gasteiger partial charge in [-0.1, -0.05) is 59.6 Å². The molecule has 1 fully saturated rings. The van der Waals surface area contributed by atoms with Gasteiger partial charge in [0, 0.05) is 10.0 Å². The number of amides is 2. The van der Waals surface area contributed by atoms with E-state index in [1.165, 1.54) is 4.90 Å². The monoisotopic (exact) mass is 591 g/mol. The summed E-state index contributed by atoms with van der Waals surface area (Å²) in [6.45, 7) is 2.77. The highest BCUT2D eigenvalue weighted by Crippen LogP contribution is 2.40. The molecule has 180 valence electrons. The number of ether oxygens (including phenoxy) is 2. The summed E-state index contributed by atoms with van der Waals surface area (Å²) in [4.78, 5) is 27.1. The lowest BCUT2D eigenvalue weighted by molar-refractivity contribution is -0.123. The molecule has 0 N–H and O–H groups in total. The van der Waals surface area contributed by atoms with Crippen LogP contribution in [0.5, 0.6) is 11.5 Å². The van der Waals surface area contributed by atoms with E-state index in [-0.39, 0.29) is 17.7 Å². The highest BCUT2D eigenvalue weighted by Gasteiger charge is 2.35. The van der Waals surface area contributed by atoms with Crippen LogP contribution in [0.3, 0.4) is 0 Å². The van der Waals surface area contributed by atoms with Gasteiger partial charge in [0.2, 0.25) is 0 Å². The molecular weight excluding hydrogens is 573 g/mol. The normalized spacial score (nSPS) is 14.6. The predicted octanol–water partition coefficient (Wildman–Crippen LogP) is 7.97. The maximum Gasteiger partial charge on any atom is 0.293 e. The van der Waals surface area contributed by atoms with E-state index in [2.05, 4.69) is 15.9 Å². The minimum Gasteiger partial charge on any atom is -0.490 e. The van der Waals surface area contributed by atoms with Crippen molar-refractivity contribution in [2.24, 2.45) is 0 Å². The Labute approximate surface area is 226 Å². The molecule has 0 aliphatic carbocycles. The lowest BCUT2D eigenvalue weighted by Gasteiger charge is -2.15. The van der Waals surface area contributed by atoms with E-state index in [1.54, 1.807) is 30.3 Å². The summed E-state index contributed by atoms with van der Waals surface area (Å²) in [7, 11) is 0. The number of carbonyl (C=O) groups excluding carboxylic acids is 2. The fourth-order valence-corrected chi connectivity index (χ4v) is 5.29. The lowest BCUT2D eigenvalue weighted by Crippen LogP contribution is -2.27. The van der Waals surface area contributed by atoms with Crippen molar-refractivity contribution in [2.45, 2.75) is 20.1 Å². The molecule has 4 rings (SSSR count). The Morgan fingerprint density at radius 3 is 2.51 bits per heavy atom. The molecule has 2 amide bonds. The number of hydrogen-bond donors (Lipinski definition) is 0. The quantitative estimate of drug-likeness (QED) is 0.248. The van der Waals surface area contributed by atoms with Crippen LogP contribution in [0.15, 0.2) is 70.0 Å². The largest absolute Gasteiger partial charge is 0.490 e. The van der Waals surface area contributed by atoms with Crippen molar-refractivity contribution in [3.05, 3.63) is 96.8 Å². The second-order valence-corrected chi connectivity index (χ2v) is 10.2. The molecule has 1 aliphatic heterocycles. The summed E-state index contributed by atoms with van der Waals surface area (Å²) >= 11 is 16.6. The van der Waals surface area contributed by atoms with Gasteiger partial charge >= 0.3 is 0 Å². The number of rotatable bonds is 8. The van der Waals surface area contributed by atoms with E-state index in [0.717, 1.165) is 17.3 Å². The third-order valence-electron chi connectivity index (χ3n) is 5.07. The molecule has 0 aromatic heterocycles. The van der Waals surface area contributed by atoms with E-state index in [9.17, 15) is 9.59 Å². The third kappa shape index (κ3) is 6.22. The molecule has 35 heavy (non-hydrogen) atoms. The standard InChI is InChI=1S/C26H20BrCl2NO4S/c1-2-33-22-11-17(10-20(27)24(22)34-15-16-6-4-3-5-7-16)12-23-25(31)30(26(32)35-23)14-18-8-9-19(28)13-21(18)29/h3-13H,2,14-15H2,1H3/b23-12+. The van der Waals surface area contributed by atoms with Gasteiger partial charge in [-0.25, -0.2) is 0 Å². The van der Waals surface area contributed by atoms with Crippen LogP contribution in [0, 0.1) is 0 Å². The summed E-state index contributed by atoms with van der Waals surface area (Å²) in [5.74, 6) is 0.721.